The number of carbonyl (C=O) groups excluding carboxylic acids is 4. The number of aryl methyl sites for hydroxylation is 1. The Morgan fingerprint density at radius 2 is 1.87 bits per heavy atom. The third kappa shape index (κ3) is 3.34. The molecule has 1 N–H and O–H groups in total. The number of halogens is 1. The van der Waals surface area contributed by atoms with Crippen molar-refractivity contribution in [2.45, 2.75) is 26.8 Å². The lowest BCUT2D eigenvalue weighted by Gasteiger charge is -2.18. The number of carbonyl (C=O) groups is 4. The average molecular weight is 338 g/mol. The van der Waals surface area contributed by atoms with Gasteiger partial charge >= 0.3 is 17.8 Å². The zero-order valence-electron chi connectivity index (χ0n) is 12.9. The lowest BCUT2D eigenvalue weighted by molar-refractivity contribution is -0.144. The molecule has 0 saturated carbocycles. The van der Waals surface area contributed by atoms with Gasteiger partial charge in [-0.25, -0.2) is 9.69 Å². The zero-order valence-corrected chi connectivity index (χ0v) is 13.7. The summed E-state index contributed by atoms with van der Waals surface area (Å²) < 4.78 is 0. The van der Waals surface area contributed by atoms with Gasteiger partial charge in [0.05, 0.1) is 0 Å². The minimum Gasteiger partial charge on any atom is -0.324 e. The summed E-state index contributed by atoms with van der Waals surface area (Å²) >= 11 is 5.97. The second-order valence-electron chi connectivity index (χ2n) is 5.45. The van der Waals surface area contributed by atoms with Gasteiger partial charge in [-0.1, -0.05) is 17.7 Å². The molecule has 1 fully saturated rings. The normalized spacial score (nSPS) is 14.9. The Bertz CT molecular complexity index is 702. The summed E-state index contributed by atoms with van der Waals surface area (Å²) in [6.07, 6.45) is 0. The van der Waals surface area contributed by atoms with Crippen LogP contribution in [0.4, 0.5) is 10.5 Å². The van der Waals surface area contributed by atoms with Gasteiger partial charge in [-0.15, -0.1) is 0 Å². The quantitative estimate of drug-likeness (QED) is 0.670. The highest BCUT2D eigenvalue weighted by molar-refractivity contribution is 6.45. The second-order valence-corrected chi connectivity index (χ2v) is 5.86. The lowest BCUT2D eigenvalue weighted by atomic mass is 10.2. The van der Waals surface area contributed by atoms with Crippen molar-refractivity contribution in [2.75, 3.05) is 11.9 Å². The number of nitrogens with one attached hydrogen (secondary N) is 1. The third-order valence-electron chi connectivity index (χ3n) is 3.36. The highest BCUT2D eigenvalue weighted by Gasteiger charge is 2.46. The number of benzene rings is 1. The third-order valence-corrected chi connectivity index (χ3v) is 3.76. The van der Waals surface area contributed by atoms with Gasteiger partial charge in [0.15, 0.2) is 0 Å². The zero-order chi connectivity index (χ0) is 17.3. The highest BCUT2D eigenvalue weighted by Crippen LogP contribution is 2.20. The molecule has 5 amide bonds. The predicted octanol–water partition coefficient (Wildman–Crippen LogP) is 1.79. The molecule has 1 aromatic carbocycles. The molecule has 0 aromatic heterocycles. The summed E-state index contributed by atoms with van der Waals surface area (Å²) in [4.78, 5) is 49.1. The molecule has 1 heterocycles. The molecule has 0 unspecified atom stereocenters. The summed E-state index contributed by atoms with van der Waals surface area (Å²) in [5.41, 5.74) is 1.30. The molecule has 0 atom stereocenters. The fourth-order valence-electron chi connectivity index (χ4n) is 2.13. The Hall–Kier alpha value is -2.41. The minimum absolute atomic E-state index is 0.441. The maximum Gasteiger partial charge on any atom is 0.334 e. The van der Waals surface area contributed by atoms with Crippen molar-refractivity contribution in [3.8, 4) is 0 Å². The number of amides is 5. The van der Waals surface area contributed by atoms with E-state index in [2.05, 4.69) is 5.32 Å². The van der Waals surface area contributed by atoms with Crippen LogP contribution in [0, 0.1) is 6.92 Å². The number of hydrogen-bond donors (Lipinski definition) is 1. The molecule has 7 nitrogen and oxygen atoms in total. The molecule has 1 aliphatic heterocycles. The Balaban J connectivity index is 2.08. The number of urea groups is 1. The maximum atomic E-state index is 12.1. The molecule has 2 rings (SSSR count). The van der Waals surface area contributed by atoms with E-state index in [1.807, 2.05) is 6.92 Å². The van der Waals surface area contributed by atoms with Crippen LogP contribution in [0.15, 0.2) is 18.2 Å². The lowest BCUT2D eigenvalue weighted by Crippen LogP contribution is -2.40. The number of rotatable bonds is 4. The first-order valence-electron chi connectivity index (χ1n) is 6.97. The first-order chi connectivity index (χ1) is 10.7. The van der Waals surface area contributed by atoms with Crippen molar-refractivity contribution in [1.82, 2.24) is 9.80 Å². The number of imide groups is 2. The van der Waals surface area contributed by atoms with Crippen molar-refractivity contribution in [3.63, 3.8) is 0 Å². The van der Waals surface area contributed by atoms with E-state index in [9.17, 15) is 19.2 Å². The van der Waals surface area contributed by atoms with Gasteiger partial charge in [0.1, 0.15) is 6.54 Å². The van der Waals surface area contributed by atoms with Crippen LogP contribution in [-0.2, 0) is 14.4 Å². The summed E-state index contributed by atoms with van der Waals surface area (Å²) in [5, 5.41) is 3.02. The largest absolute Gasteiger partial charge is 0.334 e. The van der Waals surface area contributed by atoms with Gasteiger partial charge in [0.25, 0.3) is 0 Å². The first-order valence-corrected chi connectivity index (χ1v) is 7.35. The van der Waals surface area contributed by atoms with Crippen molar-refractivity contribution in [2.24, 2.45) is 0 Å². The molecule has 1 saturated heterocycles. The van der Waals surface area contributed by atoms with Gasteiger partial charge in [0, 0.05) is 16.8 Å². The summed E-state index contributed by atoms with van der Waals surface area (Å²) in [6.45, 7) is 4.52. The van der Waals surface area contributed by atoms with Crippen molar-refractivity contribution in [1.29, 1.82) is 0 Å². The molecular formula is C15H16ClN3O4. The van der Waals surface area contributed by atoms with Gasteiger partial charge in [-0.3, -0.25) is 19.3 Å². The van der Waals surface area contributed by atoms with Crippen LogP contribution in [0.25, 0.3) is 0 Å². The monoisotopic (exact) mass is 337 g/mol. The van der Waals surface area contributed by atoms with Crippen molar-refractivity contribution < 1.29 is 19.2 Å². The first kappa shape index (κ1) is 17.0. The molecule has 0 spiro atoms. The van der Waals surface area contributed by atoms with E-state index in [-0.39, 0.29) is 0 Å². The van der Waals surface area contributed by atoms with Crippen LogP contribution in [0.2, 0.25) is 5.02 Å². The van der Waals surface area contributed by atoms with Gasteiger partial charge in [-0.2, -0.15) is 0 Å². The number of hydrogen-bond acceptors (Lipinski definition) is 4. The maximum absolute atomic E-state index is 12.1. The van der Waals surface area contributed by atoms with E-state index >= 15 is 0 Å². The Labute approximate surface area is 138 Å². The average Bonchev–Trinajstić information content (AvgIpc) is 2.67. The fourth-order valence-corrected chi connectivity index (χ4v) is 2.31. The van der Waals surface area contributed by atoms with Gasteiger partial charge in [0.2, 0.25) is 5.91 Å². The van der Waals surface area contributed by atoms with Crippen LogP contribution in [0.1, 0.15) is 19.4 Å². The van der Waals surface area contributed by atoms with Crippen molar-refractivity contribution >= 4 is 41.0 Å². The fraction of sp³-hybridized carbons (Fsp3) is 0.333. The van der Waals surface area contributed by atoms with Crippen LogP contribution >= 0.6 is 11.6 Å². The summed E-state index contributed by atoms with van der Waals surface area (Å²) in [7, 11) is 0. The molecular weight excluding hydrogens is 322 g/mol. The number of anilines is 1. The summed E-state index contributed by atoms with van der Waals surface area (Å²) in [5.74, 6) is -2.51. The predicted molar refractivity (Wildman–Crippen MR) is 83.9 cm³/mol. The molecule has 0 bridgehead atoms. The smallest absolute Gasteiger partial charge is 0.324 e. The Morgan fingerprint density at radius 1 is 1.22 bits per heavy atom. The molecule has 23 heavy (non-hydrogen) atoms. The number of nitrogens with zero attached hydrogens (tertiary/aromatic N) is 2. The Morgan fingerprint density at radius 3 is 2.39 bits per heavy atom. The van der Waals surface area contributed by atoms with E-state index in [0.717, 1.165) is 10.5 Å². The molecule has 8 heteroatoms. The second kappa shape index (κ2) is 6.37. The topological polar surface area (TPSA) is 86.8 Å². The van der Waals surface area contributed by atoms with Crippen molar-refractivity contribution in [3.05, 3.63) is 28.8 Å². The SMILES string of the molecule is Cc1ccc(NC(=O)CN2C(=O)C(=O)N(C(C)C)C2=O)cc1Cl. The standard InChI is InChI=1S/C15H16ClN3O4/c1-8(2)19-14(22)13(21)18(15(19)23)7-12(20)17-10-5-4-9(3)11(16)6-10/h4-6,8H,7H2,1-3H3,(H,17,20). The van der Waals surface area contributed by atoms with Gasteiger partial charge < -0.3 is 5.32 Å². The van der Waals surface area contributed by atoms with Crippen LogP contribution in [0.5, 0.6) is 0 Å². The van der Waals surface area contributed by atoms with E-state index in [0.29, 0.717) is 15.6 Å². The molecule has 0 radical (unpaired) electrons. The molecule has 1 aliphatic rings. The van der Waals surface area contributed by atoms with E-state index in [1.165, 1.54) is 0 Å². The van der Waals surface area contributed by atoms with Crippen LogP contribution < -0.4 is 5.32 Å². The summed E-state index contributed by atoms with van der Waals surface area (Å²) in [6, 6.07) is 3.70. The molecule has 0 aliphatic carbocycles. The van der Waals surface area contributed by atoms with E-state index in [4.69, 9.17) is 11.6 Å². The van der Waals surface area contributed by atoms with Crippen LogP contribution in [-0.4, -0.2) is 46.1 Å². The van der Waals surface area contributed by atoms with Crippen LogP contribution in [0.3, 0.4) is 0 Å². The molecule has 1 aromatic rings. The van der Waals surface area contributed by atoms with Gasteiger partial charge in [-0.05, 0) is 38.5 Å². The minimum atomic E-state index is -0.999. The highest BCUT2D eigenvalue weighted by atomic mass is 35.5. The van der Waals surface area contributed by atoms with E-state index < -0.39 is 36.3 Å². The molecule has 122 valence electrons. The van der Waals surface area contributed by atoms with E-state index in [1.54, 1.807) is 32.0 Å². The Kier molecular flexibility index (Phi) is 4.70.